The van der Waals surface area contributed by atoms with Gasteiger partial charge in [-0.1, -0.05) is 30.3 Å². The van der Waals surface area contributed by atoms with Crippen LogP contribution in [0.2, 0.25) is 0 Å². The standard InChI is InChI=1S/C27H28N2O6/c1-18-14-20-22-15-23(30)21(27(31)32-2)17-29(22)26(19-6-4-3-5-7-19)35-25(20)16-24(18)34-13-10-28-8-11-33-12-9-28/h3-7,14-17,26H,8-13H2,1-2H3. The van der Waals surface area contributed by atoms with Gasteiger partial charge in [-0.05, 0) is 18.6 Å². The normalized spacial score (nSPS) is 17.1. The SMILES string of the molecule is COC(=O)c1cn2c(cc1=O)-c1cc(C)c(OCCN3CCOCC3)cc1OC2c1ccccc1. The number of nitrogens with zero attached hydrogens (tertiary/aromatic N) is 2. The summed E-state index contributed by atoms with van der Waals surface area (Å²) in [4.78, 5) is 27.3. The summed E-state index contributed by atoms with van der Waals surface area (Å²) in [6, 6.07) is 15.0. The molecule has 182 valence electrons. The van der Waals surface area contributed by atoms with Crippen LogP contribution in [0.4, 0.5) is 0 Å². The molecule has 1 aromatic heterocycles. The summed E-state index contributed by atoms with van der Waals surface area (Å²) in [5.41, 5.74) is 2.82. The van der Waals surface area contributed by atoms with Crippen molar-refractivity contribution in [2.24, 2.45) is 0 Å². The Morgan fingerprint density at radius 1 is 1.11 bits per heavy atom. The first kappa shape index (κ1) is 23.1. The van der Waals surface area contributed by atoms with Crippen LogP contribution in [0, 0.1) is 6.92 Å². The molecule has 8 nitrogen and oxygen atoms in total. The van der Waals surface area contributed by atoms with Gasteiger partial charge in [0, 0.05) is 49.1 Å². The van der Waals surface area contributed by atoms with Crippen LogP contribution in [0.3, 0.4) is 0 Å². The number of ether oxygens (including phenoxy) is 4. The molecule has 35 heavy (non-hydrogen) atoms. The third-order valence-electron chi connectivity index (χ3n) is 6.38. The Morgan fingerprint density at radius 3 is 2.63 bits per heavy atom. The van der Waals surface area contributed by atoms with Gasteiger partial charge in [0.1, 0.15) is 23.7 Å². The Hall–Kier alpha value is -3.62. The zero-order valence-corrected chi connectivity index (χ0v) is 19.9. The first-order chi connectivity index (χ1) is 17.0. The molecule has 3 heterocycles. The number of benzene rings is 2. The van der Waals surface area contributed by atoms with Crippen LogP contribution in [0.15, 0.2) is 59.5 Å². The average molecular weight is 477 g/mol. The van der Waals surface area contributed by atoms with Crippen LogP contribution >= 0.6 is 0 Å². The molecule has 3 aromatic rings. The molecule has 1 fully saturated rings. The Morgan fingerprint density at radius 2 is 1.89 bits per heavy atom. The molecular formula is C27H28N2O6. The Kier molecular flexibility index (Phi) is 6.57. The van der Waals surface area contributed by atoms with Gasteiger partial charge in [0.05, 0.1) is 26.0 Å². The van der Waals surface area contributed by atoms with Crippen LogP contribution in [-0.4, -0.2) is 62.0 Å². The number of morpholine rings is 1. The molecule has 0 N–H and O–H groups in total. The lowest BCUT2D eigenvalue weighted by Gasteiger charge is -2.32. The maximum Gasteiger partial charge on any atom is 0.343 e. The lowest BCUT2D eigenvalue weighted by atomic mass is 10.0. The second-order valence-electron chi connectivity index (χ2n) is 8.63. The molecule has 1 atom stereocenters. The van der Waals surface area contributed by atoms with E-state index in [0.717, 1.165) is 55.3 Å². The minimum atomic E-state index is -0.678. The Balaban J connectivity index is 1.51. The van der Waals surface area contributed by atoms with Crippen molar-refractivity contribution in [1.29, 1.82) is 0 Å². The number of carbonyl (C=O) groups is 1. The van der Waals surface area contributed by atoms with Gasteiger partial charge in [-0.3, -0.25) is 9.69 Å². The number of aromatic nitrogens is 1. The quantitative estimate of drug-likeness (QED) is 0.506. The molecule has 0 saturated carbocycles. The summed E-state index contributed by atoms with van der Waals surface area (Å²) in [6.45, 7) is 6.67. The van der Waals surface area contributed by atoms with E-state index in [1.54, 1.807) is 0 Å². The number of hydrogen-bond donors (Lipinski definition) is 0. The first-order valence-electron chi connectivity index (χ1n) is 11.7. The molecule has 0 radical (unpaired) electrons. The van der Waals surface area contributed by atoms with E-state index in [0.29, 0.717) is 18.1 Å². The lowest BCUT2D eigenvalue weighted by molar-refractivity contribution is 0.0322. The van der Waals surface area contributed by atoms with Crippen LogP contribution in [-0.2, 0) is 9.47 Å². The number of aryl methyl sites for hydroxylation is 1. The van der Waals surface area contributed by atoms with Crippen LogP contribution < -0.4 is 14.9 Å². The molecule has 2 aliphatic rings. The van der Waals surface area contributed by atoms with Crippen molar-refractivity contribution in [3.05, 3.63) is 81.6 Å². The van der Waals surface area contributed by atoms with E-state index < -0.39 is 17.6 Å². The maximum absolute atomic E-state index is 12.8. The van der Waals surface area contributed by atoms with E-state index in [-0.39, 0.29) is 5.56 Å². The molecule has 0 aliphatic carbocycles. The van der Waals surface area contributed by atoms with Gasteiger partial charge < -0.3 is 23.5 Å². The molecule has 2 aromatic carbocycles. The van der Waals surface area contributed by atoms with E-state index in [9.17, 15) is 9.59 Å². The number of hydrogen-bond acceptors (Lipinski definition) is 7. The zero-order valence-electron chi connectivity index (χ0n) is 19.9. The minimum Gasteiger partial charge on any atom is -0.492 e. The van der Waals surface area contributed by atoms with Gasteiger partial charge in [0.15, 0.2) is 5.43 Å². The van der Waals surface area contributed by atoms with Crippen molar-refractivity contribution in [2.75, 3.05) is 46.6 Å². The van der Waals surface area contributed by atoms with E-state index >= 15 is 0 Å². The molecule has 8 heteroatoms. The highest BCUT2D eigenvalue weighted by molar-refractivity contribution is 5.89. The van der Waals surface area contributed by atoms with Gasteiger partial charge >= 0.3 is 5.97 Å². The summed E-state index contributed by atoms with van der Waals surface area (Å²) < 4.78 is 24.6. The summed E-state index contributed by atoms with van der Waals surface area (Å²) >= 11 is 0. The number of esters is 1. The summed E-state index contributed by atoms with van der Waals surface area (Å²) in [7, 11) is 1.26. The highest BCUT2D eigenvalue weighted by Crippen LogP contribution is 2.43. The Bertz CT molecular complexity index is 1280. The van der Waals surface area contributed by atoms with Gasteiger partial charge in [0.2, 0.25) is 6.23 Å². The fraction of sp³-hybridized carbons (Fsp3) is 0.333. The molecule has 0 spiro atoms. The fourth-order valence-electron chi connectivity index (χ4n) is 4.48. The summed E-state index contributed by atoms with van der Waals surface area (Å²) in [5.74, 6) is 0.685. The van der Waals surface area contributed by atoms with Crippen LogP contribution in [0.25, 0.3) is 11.3 Å². The van der Waals surface area contributed by atoms with Crippen molar-refractivity contribution in [2.45, 2.75) is 13.2 Å². The number of pyridine rings is 1. The second-order valence-corrected chi connectivity index (χ2v) is 8.63. The highest BCUT2D eigenvalue weighted by Gasteiger charge is 2.29. The molecular weight excluding hydrogens is 448 g/mol. The van der Waals surface area contributed by atoms with Gasteiger partial charge in [-0.2, -0.15) is 0 Å². The van der Waals surface area contributed by atoms with Gasteiger partial charge in [-0.15, -0.1) is 0 Å². The number of rotatable bonds is 6. The largest absolute Gasteiger partial charge is 0.492 e. The summed E-state index contributed by atoms with van der Waals surface area (Å²) in [6.07, 6.45) is 0.957. The van der Waals surface area contributed by atoms with Crippen LogP contribution in [0.1, 0.15) is 27.7 Å². The van der Waals surface area contributed by atoms with Crippen molar-refractivity contribution in [3.8, 4) is 22.8 Å². The Labute approximate surface area is 203 Å². The number of carbonyl (C=O) groups excluding carboxylic acids is 1. The third-order valence-corrected chi connectivity index (χ3v) is 6.38. The van der Waals surface area contributed by atoms with Gasteiger partial charge in [-0.25, -0.2) is 4.79 Å². The highest BCUT2D eigenvalue weighted by atomic mass is 16.5. The van der Waals surface area contributed by atoms with E-state index in [1.165, 1.54) is 19.4 Å². The minimum absolute atomic E-state index is 0.0379. The fourth-order valence-corrected chi connectivity index (χ4v) is 4.48. The molecule has 1 saturated heterocycles. The van der Waals surface area contributed by atoms with Crippen molar-refractivity contribution in [1.82, 2.24) is 9.47 Å². The van der Waals surface area contributed by atoms with E-state index in [2.05, 4.69) is 4.90 Å². The molecule has 0 amide bonds. The second kappa shape index (κ2) is 9.93. The van der Waals surface area contributed by atoms with Gasteiger partial charge in [0.25, 0.3) is 0 Å². The molecule has 5 rings (SSSR count). The molecule has 2 aliphatic heterocycles. The summed E-state index contributed by atoms with van der Waals surface area (Å²) in [5, 5.41) is 0. The molecule has 1 unspecified atom stereocenters. The topological polar surface area (TPSA) is 79.2 Å². The van der Waals surface area contributed by atoms with E-state index in [4.69, 9.17) is 18.9 Å². The first-order valence-corrected chi connectivity index (χ1v) is 11.7. The van der Waals surface area contributed by atoms with Crippen molar-refractivity contribution >= 4 is 5.97 Å². The van der Waals surface area contributed by atoms with Crippen molar-refractivity contribution in [3.63, 3.8) is 0 Å². The number of fused-ring (bicyclic) bond motifs is 3. The smallest absolute Gasteiger partial charge is 0.343 e. The van der Waals surface area contributed by atoms with E-state index in [1.807, 2.05) is 54.0 Å². The third kappa shape index (κ3) is 4.67. The average Bonchev–Trinajstić information content (AvgIpc) is 2.89. The lowest BCUT2D eigenvalue weighted by Crippen LogP contribution is -2.38. The number of methoxy groups -OCH3 is 1. The maximum atomic E-state index is 12.8. The zero-order chi connectivity index (χ0) is 24.4. The van der Waals surface area contributed by atoms with Crippen molar-refractivity contribution < 1.29 is 23.7 Å². The monoisotopic (exact) mass is 476 g/mol. The van der Waals surface area contributed by atoms with Crippen LogP contribution in [0.5, 0.6) is 11.5 Å². The predicted octanol–water partition coefficient (Wildman–Crippen LogP) is 3.26. The molecule has 0 bridgehead atoms. The predicted molar refractivity (Wildman–Crippen MR) is 130 cm³/mol.